The van der Waals surface area contributed by atoms with E-state index in [4.69, 9.17) is 14.4 Å². The maximum Gasteiger partial charge on any atom is 0.303 e. The first kappa shape index (κ1) is 15.7. The Bertz CT molecular complexity index is 815. The van der Waals surface area contributed by atoms with Crippen molar-refractivity contribution < 1.29 is 19.2 Å². The first-order chi connectivity index (χ1) is 11.7. The molecule has 1 aromatic heterocycles. The van der Waals surface area contributed by atoms with Gasteiger partial charge in [-0.3, -0.25) is 4.79 Å². The zero-order valence-corrected chi connectivity index (χ0v) is 12.9. The van der Waals surface area contributed by atoms with Crippen LogP contribution in [0.15, 0.2) is 59.1 Å². The van der Waals surface area contributed by atoms with E-state index in [2.05, 4.69) is 10.1 Å². The Morgan fingerprint density at radius 2 is 1.83 bits per heavy atom. The lowest BCUT2D eigenvalue weighted by atomic mass is 10.2. The number of carboxylic acids is 1. The van der Waals surface area contributed by atoms with E-state index in [1.807, 2.05) is 48.5 Å². The van der Waals surface area contributed by atoms with Crippen LogP contribution in [0.25, 0.3) is 22.8 Å². The fraction of sp³-hybridized carbons (Fsp3) is 0.167. The Hall–Kier alpha value is -3.15. The molecule has 0 saturated heterocycles. The number of carboxylic acid groups (broad SMARTS) is 1. The summed E-state index contributed by atoms with van der Waals surface area (Å²) >= 11 is 0. The molecule has 0 unspecified atom stereocenters. The number of nitrogens with zero attached hydrogens (tertiary/aromatic N) is 2. The second kappa shape index (κ2) is 7.41. The van der Waals surface area contributed by atoms with Gasteiger partial charge in [-0.2, -0.15) is 4.98 Å². The molecule has 0 bridgehead atoms. The number of carbonyl (C=O) groups is 1. The minimum Gasteiger partial charge on any atom is -0.493 e. The molecule has 0 aliphatic heterocycles. The van der Waals surface area contributed by atoms with Gasteiger partial charge in [0.05, 0.1) is 12.2 Å². The molecule has 3 rings (SSSR count). The predicted molar refractivity (Wildman–Crippen MR) is 87.5 cm³/mol. The van der Waals surface area contributed by atoms with E-state index < -0.39 is 5.97 Å². The van der Waals surface area contributed by atoms with Crippen LogP contribution < -0.4 is 4.74 Å². The second-order valence-electron chi connectivity index (χ2n) is 5.13. The van der Waals surface area contributed by atoms with E-state index in [1.54, 1.807) is 6.07 Å². The maximum absolute atomic E-state index is 10.5. The first-order valence-corrected chi connectivity index (χ1v) is 7.57. The van der Waals surface area contributed by atoms with E-state index in [-0.39, 0.29) is 6.42 Å². The van der Waals surface area contributed by atoms with Crippen LogP contribution in [0.3, 0.4) is 0 Å². The van der Waals surface area contributed by atoms with Crippen LogP contribution in [0, 0.1) is 0 Å². The maximum atomic E-state index is 10.5. The quantitative estimate of drug-likeness (QED) is 0.668. The Morgan fingerprint density at radius 1 is 1.08 bits per heavy atom. The lowest BCUT2D eigenvalue weighted by Crippen LogP contribution is -2.03. The molecule has 122 valence electrons. The SMILES string of the molecule is O=C(O)CCCOc1ccccc1-c1noc(-c2ccccc2)n1. The number of aliphatic carboxylic acids is 1. The van der Waals surface area contributed by atoms with Crippen molar-refractivity contribution in [1.82, 2.24) is 10.1 Å². The second-order valence-corrected chi connectivity index (χ2v) is 5.13. The zero-order valence-electron chi connectivity index (χ0n) is 12.9. The van der Waals surface area contributed by atoms with Crippen molar-refractivity contribution in [1.29, 1.82) is 0 Å². The molecule has 1 heterocycles. The molecule has 0 saturated carbocycles. The van der Waals surface area contributed by atoms with E-state index >= 15 is 0 Å². The van der Waals surface area contributed by atoms with Crippen molar-refractivity contribution in [2.45, 2.75) is 12.8 Å². The van der Waals surface area contributed by atoms with Crippen molar-refractivity contribution in [2.24, 2.45) is 0 Å². The van der Waals surface area contributed by atoms with E-state index in [0.29, 0.717) is 36.1 Å². The summed E-state index contributed by atoms with van der Waals surface area (Å²) in [4.78, 5) is 15.0. The molecular formula is C18H16N2O4. The highest BCUT2D eigenvalue weighted by Crippen LogP contribution is 2.29. The van der Waals surface area contributed by atoms with Gasteiger partial charge in [-0.15, -0.1) is 0 Å². The van der Waals surface area contributed by atoms with Crippen LogP contribution >= 0.6 is 0 Å². The molecule has 0 aliphatic carbocycles. The summed E-state index contributed by atoms with van der Waals surface area (Å²) in [6, 6.07) is 16.8. The minimum atomic E-state index is -0.836. The lowest BCUT2D eigenvalue weighted by molar-refractivity contribution is -0.137. The third-order valence-electron chi connectivity index (χ3n) is 3.37. The Morgan fingerprint density at radius 3 is 2.62 bits per heavy atom. The molecule has 3 aromatic rings. The number of para-hydroxylation sites is 1. The molecular weight excluding hydrogens is 308 g/mol. The Kier molecular flexibility index (Phi) is 4.86. The summed E-state index contributed by atoms with van der Waals surface area (Å²) in [6.45, 7) is 0.312. The van der Waals surface area contributed by atoms with Crippen molar-refractivity contribution in [3.8, 4) is 28.6 Å². The van der Waals surface area contributed by atoms with E-state index in [1.165, 1.54) is 0 Å². The summed E-state index contributed by atoms with van der Waals surface area (Å²) in [6.07, 6.45) is 0.508. The van der Waals surface area contributed by atoms with Crippen molar-refractivity contribution in [3.63, 3.8) is 0 Å². The summed E-state index contributed by atoms with van der Waals surface area (Å²) in [7, 11) is 0. The summed E-state index contributed by atoms with van der Waals surface area (Å²) in [5.41, 5.74) is 1.55. The smallest absolute Gasteiger partial charge is 0.303 e. The van der Waals surface area contributed by atoms with Crippen LogP contribution in [0.1, 0.15) is 12.8 Å². The van der Waals surface area contributed by atoms with Crippen LogP contribution in [0.2, 0.25) is 0 Å². The number of aromatic nitrogens is 2. The van der Waals surface area contributed by atoms with Crippen molar-refractivity contribution >= 4 is 5.97 Å². The first-order valence-electron chi connectivity index (χ1n) is 7.57. The lowest BCUT2D eigenvalue weighted by Gasteiger charge is -2.08. The monoisotopic (exact) mass is 324 g/mol. The molecule has 0 radical (unpaired) electrons. The van der Waals surface area contributed by atoms with Gasteiger partial charge in [0.25, 0.3) is 5.89 Å². The molecule has 24 heavy (non-hydrogen) atoms. The fourth-order valence-corrected chi connectivity index (χ4v) is 2.21. The van der Waals surface area contributed by atoms with Crippen molar-refractivity contribution in [2.75, 3.05) is 6.61 Å². The van der Waals surface area contributed by atoms with Gasteiger partial charge in [0.1, 0.15) is 5.75 Å². The highest BCUT2D eigenvalue weighted by Gasteiger charge is 2.14. The summed E-state index contributed by atoms with van der Waals surface area (Å²) in [5.74, 6) is 0.634. The molecule has 6 nitrogen and oxygen atoms in total. The number of ether oxygens (including phenoxy) is 1. The van der Waals surface area contributed by atoms with Gasteiger partial charge in [-0.05, 0) is 30.7 Å². The van der Waals surface area contributed by atoms with Gasteiger partial charge in [-0.25, -0.2) is 0 Å². The molecule has 0 atom stereocenters. The van der Waals surface area contributed by atoms with Crippen LogP contribution in [-0.4, -0.2) is 27.8 Å². The summed E-state index contributed by atoms with van der Waals surface area (Å²) < 4.78 is 11.0. The van der Waals surface area contributed by atoms with E-state index in [9.17, 15) is 4.79 Å². The average molecular weight is 324 g/mol. The molecule has 0 aliphatic rings. The van der Waals surface area contributed by atoms with Gasteiger partial charge in [0.2, 0.25) is 5.82 Å². The highest BCUT2D eigenvalue weighted by molar-refractivity contribution is 5.67. The summed E-state index contributed by atoms with van der Waals surface area (Å²) in [5, 5.41) is 12.7. The van der Waals surface area contributed by atoms with Gasteiger partial charge < -0.3 is 14.4 Å². The van der Waals surface area contributed by atoms with Crippen LogP contribution in [-0.2, 0) is 4.79 Å². The normalized spacial score (nSPS) is 10.5. The van der Waals surface area contributed by atoms with E-state index in [0.717, 1.165) is 5.56 Å². The third kappa shape index (κ3) is 3.78. The Balaban J connectivity index is 1.77. The zero-order chi connectivity index (χ0) is 16.8. The van der Waals surface area contributed by atoms with Crippen LogP contribution in [0.4, 0.5) is 0 Å². The standard InChI is InChI=1S/C18H16N2O4/c21-16(22)11-6-12-23-15-10-5-4-9-14(15)17-19-18(24-20-17)13-7-2-1-3-8-13/h1-5,7-10H,6,11-12H2,(H,21,22). The van der Waals surface area contributed by atoms with Crippen LogP contribution in [0.5, 0.6) is 5.75 Å². The third-order valence-corrected chi connectivity index (χ3v) is 3.37. The average Bonchev–Trinajstić information content (AvgIpc) is 3.10. The number of hydrogen-bond donors (Lipinski definition) is 1. The van der Waals surface area contributed by atoms with Crippen molar-refractivity contribution in [3.05, 3.63) is 54.6 Å². The topological polar surface area (TPSA) is 85.5 Å². The number of benzene rings is 2. The largest absolute Gasteiger partial charge is 0.493 e. The Labute approximate surface area is 138 Å². The molecule has 0 fully saturated rings. The molecule has 1 N–H and O–H groups in total. The predicted octanol–water partition coefficient (Wildman–Crippen LogP) is 3.65. The molecule has 0 spiro atoms. The van der Waals surface area contributed by atoms with Gasteiger partial charge in [0.15, 0.2) is 0 Å². The minimum absolute atomic E-state index is 0.0720. The number of rotatable bonds is 7. The van der Waals surface area contributed by atoms with Gasteiger partial charge >= 0.3 is 5.97 Å². The van der Waals surface area contributed by atoms with Gasteiger partial charge in [0, 0.05) is 12.0 Å². The fourth-order valence-electron chi connectivity index (χ4n) is 2.21. The molecule has 6 heteroatoms. The molecule has 0 amide bonds. The molecule has 2 aromatic carbocycles. The highest BCUT2D eigenvalue weighted by atomic mass is 16.5. The van der Waals surface area contributed by atoms with Gasteiger partial charge in [-0.1, -0.05) is 35.5 Å². The number of hydrogen-bond acceptors (Lipinski definition) is 5.